The van der Waals surface area contributed by atoms with E-state index in [-0.39, 0.29) is 0 Å². The summed E-state index contributed by atoms with van der Waals surface area (Å²) >= 11 is 0. The molecule has 0 spiro atoms. The number of aliphatic hydroxyl groups is 1. The summed E-state index contributed by atoms with van der Waals surface area (Å²) < 4.78 is 10.9. The molecule has 0 bridgehead atoms. The van der Waals surface area contributed by atoms with Crippen molar-refractivity contribution in [2.75, 3.05) is 44.4 Å². The maximum absolute atomic E-state index is 10.8. The zero-order valence-electron chi connectivity index (χ0n) is 15.9. The van der Waals surface area contributed by atoms with Gasteiger partial charge in [0, 0.05) is 39.0 Å². The molecule has 3 rings (SSSR count). The average molecular weight is 371 g/mol. The topological polar surface area (TPSA) is 66.8 Å². The van der Waals surface area contributed by atoms with Crippen molar-refractivity contribution in [2.45, 2.75) is 25.5 Å². The van der Waals surface area contributed by atoms with Crippen LogP contribution in [0, 0.1) is 0 Å². The number of aromatic nitrogens is 1. The molecule has 0 amide bonds. The molecule has 2 aromatic rings. The molecule has 1 saturated heterocycles. The number of nitrogens with one attached hydrogen (secondary N) is 1. The monoisotopic (exact) mass is 371 g/mol. The summed E-state index contributed by atoms with van der Waals surface area (Å²) in [6, 6.07) is 13.9. The predicted molar refractivity (Wildman–Crippen MR) is 106 cm³/mol. The smallest absolute Gasteiger partial charge is 0.128 e. The van der Waals surface area contributed by atoms with Crippen LogP contribution in [-0.4, -0.2) is 55.1 Å². The molecule has 2 N–H and O–H groups in total. The second-order valence-electron chi connectivity index (χ2n) is 6.88. The molecule has 1 aromatic heterocycles. The van der Waals surface area contributed by atoms with Crippen LogP contribution in [0.25, 0.3) is 0 Å². The van der Waals surface area contributed by atoms with Gasteiger partial charge in [-0.3, -0.25) is 0 Å². The largest absolute Gasteiger partial charge is 0.491 e. The molecule has 0 unspecified atom stereocenters. The SMILES string of the molecule is CCOCCOc1ccc(CNC[C@]2(O)CCN(c3ccccn3)C2)cc1. The maximum atomic E-state index is 10.8. The van der Waals surface area contributed by atoms with E-state index in [4.69, 9.17) is 9.47 Å². The van der Waals surface area contributed by atoms with E-state index in [9.17, 15) is 5.11 Å². The van der Waals surface area contributed by atoms with E-state index in [0.29, 0.717) is 39.5 Å². The van der Waals surface area contributed by atoms with Crippen molar-refractivity contribution >= 4 is 5.82 Å². The Kier molecular flexibility index (Phi) is 7.04. The zero-order valence-corrected chi connectivity index (χ0v) is 15.9. The Bertz CT molecular complexity index is 681. The van der Waals surface area contributed by atoms with Gasteiger partial charge in [-0.2, -0.15) is 0 Å². The van der Waals surface area contributed by atoms with E-state index in [1.807, 2.05) is 49.4 Å². The van der Waals surface area contributed by atoms with Gasteiger partial charge >= 0.3 is 0 Å². The van der Waals surface area contributed by atoms with Crippen LogP contribution in [0.1, 0.15) is 18.9 Å². The van der Waals surface area contributed by atoms with Gasteiger partial charge in [0.15, 0.2) is 0 Å². The second-order valence-corrected chi connectivity index (χ2v) is 6.88. The number of anilines is 1. The van der Waals surface area contributed by atoms with E-state index in [2.05, 4.69) is 15.2 Å². The fraction of sp³-hybridized carbons (Fsp3) is 0.476. The van der Waals surface area contributed by atoms with Gasteiger partial charge in [0.1, 0.15) is 18.2 Å². The fourth-order valence-corrected chi connectivity index (χ4v) is 3.24. The van der Waals surface area contributed by atoms with Gasteiger partial charge in [0.2, 0.25) is 0 Å². The maximum Gasteiger partial charge on any atom is 0.128 e. The van der Waals surface area contributed by atoms with Crippen molar-refractivity contribution in [3.8, 4) is 5.75 Å². The normalized spacial score (nSPS) is 19.4. The number of ether oxygens (including phenoxy) is 2. The Hall–Kier alpha value is -2.15. The van der Waals surface area contributed by atoms with E-state index in [0.717, 1.165) is 30.1 Å². The number of β-amino-alcohol motifs (C(OH)–C–C–N with tert-alkyl or cyclic N) is 1. The molecule has 6 heteroatoms. The van der Waals surface area contributed by atoms with Gasteiger partial charge < -0.3 is 24.8 Å². The quantitative estimate of drug-likeness (QED) is 0.625. The summed E-state index contributed by atoms with van der Waals surface area (Å²) in [5.41, 5.74) is 0.440. The highest BCUT2D eigenvalue weighted by Crippen LogP contribution is 2.25. The van der Waals surface area contributed by atoms with E-state index in [1.54, 1.807) is 6.20 Å². The van der Waals surface area contributed by atoms with Crippen LogP contribution in [0.2, 0.25) is 0 Å². The van der Waals surface area contributed by atoms with E-state index in [1.165, 1.54) is 0 Å². The third-order valence-electron chi connectivity index (χ3n) is 4.71. The van der Waals surface area contributed by atoms with Crippen molar-refractivity contribution in [1.82, 2.24) is 10.3 Å². The summed E-state index contributed by atoms with van der Waals surface area (Å²) in [5.74, 6) is 1.77. The Morgan fingerprint density at radius 3 is 2.78 bits per heavy atom. The van der Waals surface area contributed by atoms with Crippen LogP contribution in [-0.2, 0) is 11.3 Å². The van der Waals surface area contributed by atoms with E-state index >= 15 is 0 Å². The molecule has 0 aliphatic carbocycles. The second kappa shape index (κ2) is 9.69. The predicted octanol–water partition coefficient (Wildman–Crippen LogP) is 2.23. The number of pyridine rings is 1. The third-order valence-corrected chi connectivity index (χ3v) is 4.71. The van der Waals surface area contributed by atoms with Crippen LogP contribution in [0.5, 0.6) is 5.75 Å². The van der Waals surface area contributed by atoms with Crippen molar-refractivity contribution in [2.24, 2.45) is 0 Å². The van der Waals surface area contributed by atoms with Crippen LogP contribution >= 0.6 is 0 Å². The van der Waals surface area contributed by atoms with Crippen LogP contribution in [0.15, 0.2) is 48.7 Å². The Labute approximate surface area is 161 Å². The Morgan fingerprint density at radius 1 is 1.19 bits per heavy atom. The molecule has 1 aliphatic rings. The summed E-state index contributed by atoms with van der Waals surface area (Å²) in [4.78, 5) is 6.50. The first kappa shape index (κ1) is 19.6. The summed E-state index contributed by atoms with van der Waals surface area (Å²) in [6.45, 7) is 6.54. The molecule has 1 aliphatic heterocycles. The molecular formula is C21H29N3O3. The molecule has 146 valence electrons. The van der Waals surface area contributed by atoms with E-state index < -0.39 is 5.60 Å². The highest BCUT2D eigenvalue weighted by Gasteiger charge is 2.36. The fourth-order valence-electron chi connectivity index (χ4n) is 3.24. The number of rotatable bonds is 10. The van der Waals surface area contributed by atoms with Crippen molar-refractivity contribution < 1.29 is 14.6 Å². The average Bonchev–Trinajstić information content (AvgIpc) is 3.09. The van der Waals surface area contributed by atoms with Gasteiger partial charge in [-0.15, -0.1) is 0 Å². The first-order valence-corrected chi connectivity index (χ1v) is 9.57. The molecular weight excluding hydrogens is 342 g/mol. The van der Waals surface area contributed by atoms with Crippen LogP contribution < -0.4 is 15.0 Å². The summed E-state index contributed by atoms with van der Waals surface area (Å²) in [5, 5.41) is 14.2. The molecule has 2 heterocycles. The molecule has 27 heavy (non-hydrogen) atoms. The van der Waals surface area contributed by atoms with Crippen molar-refractivity contribution in [3.63, 3.8) is 0 Å². The standard InChI is InChI=1S/C21H29N3O3/c1-2-26-13-14-27-19-8-6-18(7-9-19)15-22-16-21(25)10-12-24(17-21)20-5-3-4-11-23-20/h3-9,11,22,25H,2,10,12-17H2,1H3/t21-/m1/s1. The number of hydrogen-bond donors (Lipinski definition) is 2. The Balaban J connectivity index is 1.40. The lowest BCUT2D eigenvalue weighted by Gasteiger charge is -2.24. The zero-order chi connectivity index (χ0) is 19.0. The molecule has 6 nitrogen and oxygen atoms in total. The molecule has 0 radical (unpaired) electrons. The molecule has 1 aromatic carbocycles. The van der Waals surface area contributed by atoms with Crippen LogP contribution in [0.4, 0.5) is 5.82 Å². The van der Waals surface area contributed by atoms with Crippen molar-refractivity contribution in [3.05, 3.63) is 54.2 Å². The van der Waals surface area contributed by atoms with Gasteiger partial charge in [-0.05, 0) is 43.2 Å². The van der Waals surface area contributed by atoms with Crippen LogP contribution in [0.3, 0.4) is 0 Å². The first-order chi connectivity index (χ1) is 13.2. The van der Waals surface area contributed by atoms with Crippen molar-refractivity contribution in [1.29, 1.82) is 0 Å². The molecule has 1 atom stereocenters. The summed E-state index contributed by atoms with van der Waals surface area (Å²) in [6.07, 6.45) is 2.53. The molecule has 0 saturated carbocycles. The Morgan fingerprint density at radius 2 is 2.04 bits per heavy atom. The third kappa shape index (κ3) is 5.92. The minimum absolute atomic E-state index is 0.558. The molecule has 1 fully saturated rings. The lowest BCUT2D eigenvalue weighted by molar-refractivity contribution is 0.0626. The summed E-state index contributed by atoms with van der Waals surface area (Å²) in [7, 11) is 0. The van der Waals surface area contributed by atoms with Gasteiger partial charge in [-0.1, -0.05) is 18.2 Å². The lowest BCUT2D eigenvalue weighted by Crippen LogP contribution is -2.43. The van der Waals surface area contributed by atoms with Gasteiger partial charge in [-0.25, -0.2) is 4.98 Å². The number of benzene rings is 1. The minimum atomic E-state index is -0.722. The highest BCUT2D eigenvalue weighted by molar-refractivity contribution is 5.40. The first-order valence-electron chi connectivity index (χ1n) is 9.57. The lowest BCUT2D eigenvalue weighted by atomic mass is 10.0. The van der Waals surface area contributed by atoms with Gasteiger partial charge in [0.25, 0.3) is 0 Å². The number of nitrogens with zero attached hydrogens (tertiary/aromatic N) is 2. The highest BCUT2D eigenvalue weighted by atomic mass is 16.5. The van der Waals surface area contributed by atoms with Gasteiger partial charge in [0.05, 0.1) is 12.2 Å². The number of hydrogen-bond acceptors (Lipinski definition) is 6. The minimum Gasteiger partial charge on any atom is -0.491 e.